The van der Waals surface area contributed by atoms with Crippen LogP contribution < -0.4 is 0 Å². The van der Waals surface area contributed by atoms with E-state index in [4.69, 9.17) is 5.41 Å². The number of rotatable bonds is 2. The van der Waals surface area contributed by atoms with Crippen LogP contribution >= 0.6 is 39.0 Å². The van der Waals surface area contributed by atoms with Gasteiger partial charge >= 0.3 is 0 Å². The highest BCUT2D eigenvalue weighted by atomic mass is 79.9. The molecule has 1 saturated heterocycles. The van der Waals surface area contributed by atoms with Gasteiger partial charge < -0.3 is 5.11 Å². The lowest BCUT2D eigenvalue weighted by Gasteiger charge is -2.02. The second kappa shape index (κ2) is 5.75. The summed E-state index contributed by atoms with van der Waals surface area (Å²) in [5.41, 5.74) is 0.549. The van der Waals surface area contributed by atoms with Gasteiger partial charge in [-0.3, -0.25) is 10.2 Å². The highest BCUT2D eigenvalue weighted by Crippen LogP contribution is 2.41. The molecule has 1 aliphatic heterocycles. The summed E-state index contributed by atoms with van der Waals surface area (Å²) in [5.74, 6) is -0.641. The normalized spacial score (nSPS) is 20.4. The first kappa shape index (κ1) is 14.5. The van der Waals surface area contributed by atoms with Crippen molar-refractivity contribution in [1.29, 1.82) is 5.41 Å². The minimum atomic E-state index is -0.601. The molecule has 1 fully saturated rings. The Morgan fingerprint density at radius 1 is 1.43 bits per heavy atom. The van der Waals surface area contributed by atoms with Gasteiger partial charge in [-0.1, -0.05) is 27.7 Å². The van der Waals surface area contributed by atoms with E-state index >= 15 is 0 Å². The molecule has 4 nitrogen and oxygen atoms in total. The van der Waals surface area contributed by atoms with Crippen LogP contribution in [0.25, 0.3) is 6.08 Å². The van der Waals surface area contributed by atoms with E-state index < -0.39 is 5.92 Å². The van der Waals surface area contributed by atoms with E-state index in [-0.39, 0.29) is 16.6 Å². The number of aromatic hydroxyl groups is 1. The minimum absolute atomic E-state index is 0.100. The molecule has 3 rings (SSSR count). The molecule has 0 unspecified atom stereocenters. The van der Waals surface area contributed by atoms with Crippen LogP contribution in [-0.4, -0.2) is 20.9 Å². The predicted octanol–water partition coefficient (Wildman–Crippen LogP) is 4.03. The van der Waals surface area contributed by atoms with Crippen molar-refractivity contribution < 1.29 is 9.90 Å². The van der Waals surface area contributed by atoms with Crippen LogP contribution in [0.4, 0.5) is 0 Å². The quantitative estimate of drug-likeness (QED) is 0.771. The summed E-state index contributed by atoms with van der Waals surface area (Å²) in [4.78, 5) is 17.0. The number of phenolic OH excluding ortho intramolecular Hbond substituents is 1. The number of thiazole rings is 1. The molecular weight excluding hydrogens is 372 g/mol. The van der Waals surface area contributed by atoms with Gasteiger partial charge in [0.2, 0.25) is 0 Å². The molecule has 0 aliphatic carbocycles. The van der Waals surface area contributed by atoms with E-state index in [1.165, 1.54) is 11.3 Å². The molecule has 1 aromatic heterocycles. The number of nitrogens with one attached hydrogen (secondary N) is 1. The number of carbonyl (C=O) groups is 1. The molecule has 106 valence electrons. The molecule has 2 aromatic rings. The molecule has 0 amide bonds. The van der Waals surface area contributed by atoms with Crippen molar-refractivity contribution in [3.8, 4) is 5.75 Å². The van der Waals surface area contributed by atoms with Crippen LogP contribution in [0, 0.1) is 5.41 Å². The van der Waals surface area contributed by atoms with Crippen LogP contribution in [0.1, 0.15) is 16.5 Å². The number of hydrogen-bond acceptors (Lipinski definition) is 6. The Kier molecular flexibility index (Phi) is 3.97. The summed E-state index contributed by atoms with van der Waals surface area (Å²) < 4.78 is 0.814. The fraction of sp³-hybridized carbons (Fsp3) is 0.0714. The van der Waals surface area contributed by atoms with Crippen LogP contribution in [0.5, 0.6) is 5.75 Å². The fourth-order valence-corrected chi connectivity index (χ4v) is 4.15. The third kappa shape index (κ3) is 2.81. The van der Waals surface area contributed by atoms with Gasteiger partial charge in [-0.2, -0.15) is 0 Å². The van der Waals surface area contributed by atoms with Gasteiger partial charge in [-0.25, -0.2) is 4.98 Å². The average molecular weight is 381 g/mol. The molecule has 0 bridgehead atoms. The number of allylic oxidation sites excluding steroid dienone is 1. The zero-order valence-electron chi connectivity index (χ0n) is 10.5. The molecule has 0 spiro atoms. The smallest absolute Gasteiger partial charge is 0.186 e. The van der Waals surface area contributed by atoms with Gasteiger partial charge in [-0.05, 0) is 24.3 Å². The number of nitrogens with zero attached hydrogens (tertiary/aromatic N) is 1. The van der Waals surface area contributed by atoms with Crippen LogP contribution in [0.3, 0.4) is 0 Å². The maximum absolute atomic E-state index is 12.5. The highest BCUT2D eigenvalue weighted by Gasteiger charge is 2.38. The average Bonchev–Trinajstić information content (AvgIpc) is 3.03. The lowest BCUT2D eigenvalue weighted by atomic mass is 10.0. The molecule has 0 radical (unpaired) electrons. The Labute approximate surface area is 137 Å². The Morgan fingerprint density at radius 3 is 2.95 bits per heavy atom. The predicted molar refractivity (Wildman–Crippen MR) is 89.0 cm³/mol. The summed E-state index contributed by atoms with van der Waals surface area (Å²) in [5, 5.41) is 20.6. The van der Waals surface area contributed by atoms with Crippen molar-refractivity contribution in [2.75, 3.05) is 0 Å². The number of hydrogen-bond donors (Lipinski definition) is 2. The molecule has 2 N–H and O–H groups in total. The molecule has 7 heteroatoms. The number of carbonyl (C=O) groups excluding carboxylic acids is 1. The molecule has 2 heterocycles. The van der Waals surface area contributed by atoms with Crippen molar-refractivity contribution in [3.63, 3.8) is 0 Å². The fourth-order valence-electron chi connectivity index (χ4n) is 1.97. The number of aromatic nitrogens is 1. The summed E-state index contributed by atoms with van der Waals surface area (Å²) in [6, 6.07) is 5.02. The monoisotopic (exact) mass is 380 g/mol. The maximum atomic E-state index is 12.5. The van der Waals surface area contributed by atoms with Crippen molar-refractivity contribution >= 4 is 55.9 Å². The van der Waals surface area contributed by atoms with Gasteiger partial charge in [0.1, 0.15) is 16.7 Å². The maximum Gasteiger partial charge on any atom is 0.186 e. The van der Waals surface area contributed by atoms with E-state index in [2.05, 4.69) is 20.9 Å². The van der Waals surface area contributed by atoms with E-state index in [0.29, 0.717) is 15.5 Å². The highest BCUT2D eigenvalue weighted by molar-refractivity contribution is 9.10. The first-order valence-electron chi connectivity index (χ1n) is 5.96. The first-order valence-corrected chi connectivity index (χ1v) is 8.45. The van der Waals surface area contributed by atoms with Crippen molar-refractivity contribution in [3.05, 3.63) is 49.7 Å². The van der Waals surface area contributed by atoms with E-state index in [9.17, 15) is 9.90 Å². The lowest BCUT2D eigenvalue weighted by molar-refractivity contribution is -0.114. The zero-order valence-corrected chi connectivity index (χ0v) is 13.8. The molecule has 0 saturated carbocycles. The zero-order chi connectivity index (χ0) is 15.0. The number of benzene rings is 1. The Hall–Kier alpha value is -1.44. The third-order valence-electron chi connectivity index (χ3n) is 2.96. The summed E-state index contributed by atoms with van der Waals surface area (Å²) >= 11 is 5.83. The number of phenols is 1. The minimum Gasteiger partial charge on any atom is -0.507 e. The van der Waals surface area contributed by atoms with Crippen molar-refractivity contribution in [2.45, 2.75) is 5.92 Å². The van der Waals surface area contributed by atoms with Crippen LogP contribution in [0.15, 0.2) is 39.2 Å². The summed E-state index contributed by atoms with van der Waals surface area (Å²) in [6.07, 6.45) is 3.25. The van der Waals surface area contributed by atoms with Gasteiger partial charge in [-0.15, -0.1) is 11.3 Å². The SMILES string of the molecule is N=C1S/C(=C\c2cc(Br)ccc2O)C(=O)[C@H]1c1nccs1. The molecule has 1 aromatic carbocycles. The number of thioether (sulfide) groups is 1. The third-order valence-corrected chi connectivity index (χ3v) is 5.29. The molecular formula is C14H9BrN2O2S2. The largest absolute Gasteiger partial charge is 0.507 e. The Morgan fingerprint density at radius 2 is 2.24 bits per heavy atom. The van der Waals surface area contributed by atoms with Crippen molar-refractivity contribution in [2.24, 2.45) is 0 Å². The number of Topliss-reactive ketones (excluding diaryl/α,β-unsaturated/α-hetero) is 1. The molecule has 1 aliphatic rings. The topological polar surface area (TPSA) is 74.0 Å². The molecule has 21 heavy (non-hydrogen) atoms. The molecule has 1 atom stereocenters. The standard InChI is InChI=1S/C14H9BrN2O2S2/c15-8-1-2-9(18)7(5-8)6-10-12(19)11(13(16)21-10)14-17-3-4-20-14/h1-6,11,16,18H/b10-6-,16-13?/t11-/m1/s1. The van der Waals surface area contributed by atoms with Crippen molar-refractivity contribution in [1.82, 2.24) is 4.98 Å². The van der Waals surface area contributed by atoms with Crippen LogP contribution in [-0.2, 0) is 4.79 Å². The van der Waals surface area contributed by atoms with Crippen LogP contribution in [0.2, 0.25) is 0 Å². The lowest BCUT2D eigenvalue weighted by Crippen LogP contribution is -2.11. The number of ketones is 1. The van der Waals surface area contributed by atoms with Gasteiger partial charge in [0.05, 0.1) is 9.95 Å². The Balaban J connectivity index is 1.97. The van der Waals surface area contributed by atoms with E-state index in [1.807, 2.05) is 0 Å². The van der Waals surface area contributed by atoms with E-state index in [1.54, 1.807) is 35.9 Å². The summed E-state index contributed by atoms with van der Waals surface area (Å²) in [7, 11) is 0. The van der Waals surface area contributed by atoms with E-state index in [0.717, 1.165) is 16.2 Å². The van der Waals surface area contributed by atoms with Gasteiger partial charge in [0.25, 0.3) is 0 Å². The van der Waals surface area contributed by atoms with Gasteiger partial charge in [0, 0.05) is 21.6 Å². The summed E-state index contributed by atoms with van der Waals surface area (Å²) in [6.45, 7) is 0. The Bertz CT molecular complexity index is 756. The second-order valence-corrected chi connectivity index (χ2v) is 7.27. The first-order chi connectivity index (χ1) is 10.1. The van der Waals surface area contributed by atoms with Gasteiger partial charge in [0.15, 0.2) is 5.78 Å². The second-order valence-electron chi connectivity index (χ2n) is 4.35. The number of halogens is 1.